The lowest BCUT2D eigenvalue weighted by molar-refractivity contribution is 1.29. The average Bonchev–Trinajstić information content (AvgIpc) is 4.26. The van der Waals surface area contributed by atoms with Crippen molar-refractivity contribution >= 4 is 131 Å². The summed E-state index contributed by atoms with van der Waals surface area (Å²) in [5.41, 5.74) is 19.5. The van der Waals surface area contributed by atoms with Crippen molar-refractivity contribution in [2.24, 2.45) is 0 Å². The van der Waals surface area contributed by atoms with Gasteiger partial charge in [0.25, 0.3) is 0 Å². The molecule has 0 amide bonds. The fourth-order valence-electron chi connectivity index (χ4n) is 12.9. The molecule has 4 nitrogen and oxygen atoms in total. The van der Waals surface area contributed by atoms with Gasteiger partial charge in [0.15, 0.2) is 0 Å². The Kier molecular flexibility index (Phi) is 6.92. The van der Waals surface area contributed by atoms with Gasteiger partial charge in [0.1, 0.15) is 0 Å². The molecular weight excluding hydrogens is 849 g/mol. The van der Waals surface area contributed by atoms with Crippen molar-refractivity contribution in [3.63, 3.8) is 0 Å². The molecule has 0 aliphatic rings. The van der Waals surface area contributed by atoms with Crippen molar-refractivity contribution in [1.29, 1.82) is 0 Å². The van der Waals surface area contributed by atoms with Crippen LogP contribution in [0.25, 0.3) is 137 Å². The molecule has 0 bridgehead atoms. The molecule has 0 saturated heterocycles. The van der Waals surface area contributed by atoms with E-state index in [2.05, 4.69) is 249 Å². The molecule has 11 aromatic carbocycles. The quantitative estimate of drug-likeness (QED) is 0.168. The Hall–Kier alpha value is -9.38. The standard InChI is InChI=1S/C66H38N4/c1-3-15-43(16-4-1)67(44-17-5-2-6-18-44)45-28-30-63-51(38-45)57-37-42(41-34-54-48-21-9-13-25-60(48)69-61-26-14-10-22-49(61)55(35-41)65(54)69)36-56-50-31-39(27-29-62(50)70(63)66(56)57)40-32-52-46-19-7-11-23-58(46)68-59-24-12-8-20-47(59)53(33-40)64(52)68/h1-38H. The highest BCUT2D eigenvalue weighted by atomic mass is 15.1. The van der Waals surface area contributed by atoms with Crippen LogP contribution in [-0.2, 0) is 0 Å². The van der Waals surface area contributed by atoms with Crippen LogP contribution >= 0.6 is 0 Å². The molecule has 0 fully saturated rings. The van der Waals surface area contributed by atoms with E-state index in [1.807, 2.05) is 0 Å². The van der Waals surface area contributed by atoms with Crippen LogP contribution in [0.2, 0.25) is 0 Å². The Morgan fingerprint density at radius 3 is 0.914 bits per heavy atom. The van der Waals surface area contributed by atoms with Gasteiger partial charge in [0.05, 0.1) is 49.7 Å². The Morgan fingerprint density at radius 2 is 0.500 bits per heavy atom. The van der Waals surface area contributed by atoms with Crippen LogP contribution in [0, 0.1) is 0 Å². The maximum atomic E-state index is 2.53. The third-order valence-electron chi connectivity index (χ3n) is 15.7. The fourth-order valence-corrected chi connectivity index (χ4v) is 12.9. The van der Waals surface area contributed by atoms with Crippen LogP contribution in [-0.4, -0.2) is 13.2 Å². The van der Waals surface area contributed by atoms with Gasteiger partial charge in [-0.05, 0) is 138 Å². The maximum absolute atomic E-state index is 2.53. The molecule has 322 valence electrons. The van der Waals surface area contributed by atoms with Gasteiger partial charge in [-0.3, -0.25) is 0 Å². The van der Waals surface area contributed by atoms with Crippen LogP contribution < -0.4 is 4.90 Å². The topological polar surface area (TPSA) is 16.5 Å². The minimum absolute atomic E-state index is 1.12. The van der Waals surface area contributed by atoms with Crippen LogP contribution in [0.3, 0.4) is 0 Å². The summed E-state index contributed by atoms with van der Waals surface area (Å²) in [6.45, 7) is 0. The van der Waals surface area contributed by atoms with Crippen molar-refractivity contribution < 1.29 is 0 Å². The highest BCUT2D eigenvalue weighted by molar-refractivity contribution is 6.28. The van der Waals surface area contributed by atoms with Gasteiger partial charge in [-0.1, -0.05) is 115 Å². The third-order valence-corrected chi connectivity index (χ3v) is 15.7. The summed E-state index contributed by atoms with van der Waals surface area (Å²) in [4.78, 5) is 2.38. The highest BCUT2D eigenvalue weighted by Gasteiger charge is 2.25. The first-order valence-electron chi connectivity index (χ1n) is 24.3. The zero-order chi connectivity index (χ0) is 45.3. The molecule has 0 unspecified atom stereocenters. The average molecular weight is 887 g/mol. The van der Waals surface area contributed by atoms with E-state index in [4.69, 9.17) is 0 Å². The molecule has 17 rings (SSSR count). The van der Waals surface area contributed by atoms with E-state index in [9.17, 15) is 0 Å². The zero-order valence-electron chi connectivity index (χ0n) is 37.7. The second kappa shape index (κ2) is 13.2. The lowest BCUT2D eigenvalue weighted by atomic mass is 9.95. The summed E-state index contributed by atoms with van der Waals surface area (Å²) in [6, 6.07) is 86.0. The van der Waals surface area contributed by atoms with Crippen LogP contribution in [0.5, 0.6) is 0 Å². The second-order valence-corrected chi connectivity index (χ2v) is 19.3. The summed E-state index contributed by atoms with van der Waals surface area (Å²) in [5.74, 6) is 0. The number of hydrogen-bond donors (Lipinski definition) is 0. The van der Waals surface area contributed by atoms with E-state index < -0.39 is 0 Å². The molecule has 0 aliphatic carbocycles. The van der Waals surface area contributed by atoms with E-state index in [1.165, 1.54) is 137 Å². The van der Waals surface area contributed by atoms with Gasteiger partial charge in [0, 0.05) is 81.7 Å². The second-order valence-electron chi connectivity index (χ2n) is 19.3. The number of rotatable bonds is 5. The molecule has 6 aromatic heterocycles. The molecular formula is C66H38N4. The predicted molar refractivity (Wildman–Crippen MR) is 296 cm³/mol. The molecule has 17 aromatic rings. The van der Waals surface area contributed by atoms with Crippen molar-refractivity contribution in [3.8, 4) is 22.3 Å². The van der Waals surface area contributed by atoms with E-state index in [1.54, 1.807) is 0 Å². The molecule has 0 atom stereocenters. The number of nitrogens with zero attached hydrogens (tertiary/aromatic N) is 4. The number of hydrogen-bond acceptors (Lipinski definition) is 1. The first-order chi connectivity index (χ1) is 34.7. The van der Waals surface area contributed by atoms with Crippen LogP contribution in [0.4, 0.5) is 17.1 Å². The van der Waals surface area contributed by atoms with Gasteiger partial charge in [0.2, 0.25) is 0 Å². The van der Waals surface area contributed by atoms with E-state index in [0.717, 1.165) is 17.1 Å². The number of benzene rings is 11. The lowest BCUT2D eigenvalue weighted by Crippen LogP contribution is -2.09. The summed E-state index contributed by atoms with van der Waals surface area (Å²) in [6.07, 6.45) is 0. The Morgan fingerprint density at radius 1 is 0.200 bits per heavy atom. The molecule has 0 spiro atoms. The van der Waals surface area contributed by atoms with Gasteiger partial charge in [-0.15, -0.1) is 0 Å². The van der Waals surface area contributed by atoms with E-state index in [0.29, 0.717) is 0 Å². The largest absolute Gasteiger partial charge is 0.310 e. The van der Waals surface area contributed by atoms with E-state index in [-0.39, 0.29) is 0 Å². The predicted octanol–water partition coefficient (Wildman–Crippen LogP) is 17.9. The van der Waals surface area contributed by atoms with Crippen molar-refractivity contribution in [2.75, 3.05) is 4.90 Å². The molecule has 0 aliphatic heterocycles. The molecule has 6 heterocycles. The summed E-state index contributed by atoms with van der Waals surface area (Å²) in [7, 11) is 0. The Balaban J connectivity index is 0.963. The van der Waals surface area contributed by atoms with Crippen molar-refractivity contribution in [2.45, 2.75) is 0 Å². The Bertz CT molecular complexity index is 4790. The summed E-state index contributed by atoms with van der Waals surface area (Å²) >= 11 is 0. The number of aromatic nitrogens is 3. The van der Waals surface area contributed by atoms with Crippen LogP contribution in [0.1, 0.15) is 0 Å². The van der Waals surface area contributed by atoms with Crippen molar-refractivity contribution in [3.05, 3.63) is 231 Å². The minimum Gasteiger partial charge on any atom is -0.310 e. The molecule has 70 heavy (non-hydrogen) atoms. The van der Waals surface area contributed by atoms with E-state index >= 15 is 0 Å². The molecule has 0 saturated carbocycles. The van der Waals surface area contributed by atoms with Gasteiger partial charge < -0.3 is 18.1 Å². The lowest BCUT2D eigenvalue weighted by Gasteiger charge is -2.25. The Labute approximate surface area is 400 Å². The molecule has 4 heteroatoms. The fraction of sp³-hybridized carbons (Fsp3) is 0. The normalized spacial score (nSPS) is 12.6. The summed E-state index contributed by atoms with van der Waals surface area (Å²) in [5, 5.41) is 15.3. The summed E-state index contributed by atoms with van der Waals surface area (Å²) < 4.78 is 7.47. The smallest absolute Gasteiger partial charge is 0.0620 e. The highest BCUT2D eigenvalue weighted by Crippen LogP contribution is 2.48. The van der Waals surface area contributed by atoms with Gasteiger partial charge >= 0.3 is 0 Å². The number of anilines is 3. The monoisotopic (exact) mass is 886 g/mol. The molecule has 0 radical (unpaired) electrons. The number of para-hydroxylation sites is 6. The minimum atomic E-state index is 1.12. The molecule has 0 N–H and O–H groups in total. The van der Waals surface area contributed by atoms with Gasteiger partial charge in [-0.2, -0.15) is 0 Å². The van der Waals surface area contributed by atoms with Crippen LogP contribution in [0.15, 0.2) is 231 Å². The zero-order valence-corrected chi connectivity index (χ0v) is 37.7. The maximum Gasteiger partial charge on any atom is 0.0620 e. The number of fused-ring (bicyclic) bond motifs is 18. The third kappa shape index (κ3) is 4.65. The first-order valence-corrected chi connectivity index (χ1v) is 24.3. The van der Waals surface area contributed by atoms with Crippen molar-refractivity contribution in [1.82, 2.24) is 13.2 Å². The SMILES string of the molecule is c1ccc(N(c2ccccc2)c2ccc3c(c2)c2cc(-c4cc5c6ccccc6n6c7ccccc7c(c4)c56)cc4c5cc(-c6cc7c8ccccc8n8c9ccccc9c(c6)c78)ccc5n3c42)cc1. The van der Waals surface area contributed by atoms with Gasteiger partial charge in [-0.25, -0.2) is 0 Å². The first kappa shape index (κ1) is 36.7.